The summed E-state index contributed by atoms with van der Waals surface area (Å²) in [6.07, 6.45) is 3.39. The van der Waals surface area contributed by atoms with Crippen molar-refractivity contribution in [2.75, 3.05) is 19.6 Å². The lowest BCUT2D eigenvalue weighted by Gasteiger charge is -2.34. The maximum atomic E-state index is 11.8. The van der Waals surface area contributed by atoms with Crippen LogP contribution in [-0.4, -0.2) is 37.5 Å². The van der Waals surface area contributed by atoms with E-state index in [0.717, 1.165) is 25.9 Å². The Kier molecular flexibility index (Phi) is 3.66. The molecule has 17 heavy (non-hydrogen) atoms. The third kappa shape index (κ3) is 3.19. The van der Waals surface area contributed by atoms with Crippen LogP contribution in [0.2, 0.25) is 0 Å². The summed E-state index contributed by atoms with van der Waals surface area (Å²) in [5.41, 5.74) is 0.149. The fourth-order valence-corrected chi connectivity index (χ4v) is 2.50. The van der Waals surface area contributed by atoms with E-state index in [2.05, 4.69) is 22.9 Å². The number of hydrogen-bond donors (Lipinski definition) is 3. The molecule has 2 heterocycles. The lowest BCUT2D eigenvalue weighted by atomic mass is 9.83. The van der Waals surface area contributed by atoms with Gasteiger partial charge in [-0.05, 0) is 31.2 Å². The van der Waals surface area contributed by atoms with Crippen LogP contribution in [0.4, 0.5) is 0 Å². The highest BCUT2D eigenvalue weighted by Gasteiger charge is 2.30. The molecule has 0 aromatic rings. The van der Waals surface area contributed by atoms with E-state index in [1.165, 1.54) is 0 Å². The largest absolute Gasteiger partial charge is 0.354 e. The van der Waals surface area contributed by atoms with Gasteiger partial charge in [0.1, 0.15) is 6.04 Å². The summed E-state index contributed by atoms with van der Waals surface area (Å²) in [4.78, 5) is 22.9. The Morgan fingerprint density at radius 3 is 3.00 bits per heavy atom. The number of hydrogen-bond acceptors (Lipinski definition) is 3. The summed E-state index contributed by atoms with van der Waals surface area (Å²) in [6, 6.07) is -0.317. The van der Waals surface area contributed by atoms with E-state index in [-0.39, 0.29) is 23.3 Å². The van der Waals surface area contributed by atoms with Crippen LogP contribution in [0.1, 0.15) is 32.6 Å². The smallest absolute Gasteiger partial charge is 0.242 e. The van der Waals surface area contributed by atoms with Gasteiger partial charge in [-0.15, -0.1) is 0 Å². The maximum Gasteiger partial charge on any atom is 0.242 e. The van der Waals surface area contributed by atoms with Crippen LogP contribution in [0.25, 0.3) is 0 Å². The van der Waals surface area contributed by atoms with Crippen molar-refractivity contribution >= 4 is 11.8 Å². The SMILES string of the molecule is CC1(CNC(=O)[C@H]2CCC(=O)N2)CCCNC1. The fraction of sp³-hybridized carbons (Fsp3) is 0.833. The highest BCUT2D eigenvalue weighted by molar-refractivity contribution is 5.90. The lowest BCUT2D eigenvalue weighted by Crippen LogP contribution is -2.49. The van der Waals surface area contributed by atoms with Gasteiger partial charge in [0.15, 0.2) is 0 Å². The van der Waals surface area contributed by atoms with Crippen molar-refractivity contribution in [3.05, 3.63) is 0 Å². The zero-order valence-corrected chi connectivity index (χ0v) is 10.3. The lowest BCUT2D eigenvalue weighted by molar-refractivity contribution is -0.126. The minimum atomic E-state index is -0.317. The first-order valence-electron chi connectivity index (χ1n) is 6.37. The van der Waals surface area contributed by atoms with Gasteiger partial charge < -0.3 is 16.0 Å². The van der Waals surface area contributed by atoms with Gasteiger partial charge in [-0.1, -0.05) is 6.92 Å². The van der Waals surface area contributed by atoms with Crippen molar-refractivity contribution in [1.82, 2.24) is 16.0 Å². The number of piperidine rings is 1. The van der Waals surface area contributed by atoms with Crippen LogP contribution in [0.15, 0.2) is 0 Å². The molecule has 2 atom stereocenters. The molecule has 1 unspecified atom stereocenters. The molecule has 2 fully saturated rings. The molecular weight excluding hydrogens is 218 g/mol. The Morgan fingerprint density at radius 2 is 2.41 bits per heavy atom. The van der Waals surface area contributed by atoms with Gasteiger partial charge >= 0.3 is 0 Å². The summed E-state index contributed by atoms with van der Waals surface area (Å²) in [7, 11) is 0. The Labute approximate surface area is 102 Å². The van der Waals surface area contributed by atoms with Crippen LogP contribution in [-0.2, 0) is 9.59 Å². The Bertz CT molecular complexity index is 311. The number of carbonyl (C=O) groups is 2. The molecule has 2 amide bonds. The predicted molar refractivity (Wildman–Crippen MR) is 64.4 cm³/mol. The summed E-state index contributed by atoms with van der Waals surface area (Å²) in [5, 5.41) is 9.00. The van der Waals surface area contributed by atoms with Crippen LogP contribution in [0.3, 0.4) is 0 Å². The molecule has 2 rings (SSSR count). The van der Waals surface area contributed by atoms with E-state index in [1.807, 2.05) is 0 Å². The van der Waals surface area contributed by atoms with Gasteiger partial charge in [0.25, 0.3) is 0 Å². The average molecular weight is 239 g/mol. The quantitative estimate of drug-likeness (QED) is 0.637. The molecule has 5 heteroatoms. The molecule has 0 bridgehead atoms. The summed E-state index contributed by atoms with van der Waals surface area (Å²) in [5.74, 6) is -0.0571. The first-order chi connectivity index (χ1) is 8.09. The minimum absolute atomic E-state index is 0.0179. The zero-order valence-electron chi connectivity index (χ0n) is 10.3. The van der Waals surface area contributed by atoms with Crippen molar-refractivity contribution in [3.8, 4) is 0 Å². The second kappa shape index (κ2) is 5.04. The molecule has 2 saturated heterocycles. The molecule has 0 radical (unpaired) electrons. The molecule has 96 valence electrons. The summed E-state index contributed by atoms with van der Waals surface area (Å²) < 4.78 is 0. The van der Waals surface area contributed by atoms with E-state index in [9.17, 15) is 9.59 Å². The van der Waals surface area contributed by atoms with Gasteiger partial charge in [-0.2, -0.15) is 0 Å². The van der Waals surface area contributed by atoms with Crippen molar-refractivity contribution in [2.45, 2.75) is 38.6 Å². The average Bonchev–Trinajstić information content (AvgIpc) is 2.74. The normalized spacial score (nSPS) is 33.2. The monoisotopic (exact) mass is 239 g/mol. The number of nitrogens with one attached hydrogen (secondary N) is 3. The van der Waals surface area contributed by atoms with Crippen LogP contribution in [0.5, 0.6) is 0 Å². The molecular formula is C12H21N3O2. The highest BCUT2D eigenvalue weighted by atomic mass is 16.2. The van der Waals surface area contributed by atoms with Gasteiger partial charge in [0.2, 0.25) is 11.8 Å². The number of rotatable bonds is 3. The van der Waals surface area contributed by atoms with Crippen molar-refractivity contribution in [2.24, 2.45) is 5.41 Å². The molecule has 0 spiro atoms. The third-order valence-electron chi connectivity index (χ3n) is 3.69. The summed E-state index contributed by atoms with van der Waals surface area (Å²) >= 11 is 0. The molecule has 0 aromatic carbocycles. The van der Waals surface area contributed by atoms with Crippen molar-refractivity contribution in [1.29, 1.82) is 0 Å². The van der Waals surface area contributed by atoms with E-state index < -0.39 is 0 Å². The predicted octanol–water partition coefficient (Wildman–Crippen LogP) is -0.229. The number of amides is 2. The molecule has 5 nitrogen and oxygen atoms in total. The van der Waals surface area contributed by atoms with Gasteiger partial charge in [0, 0.05) is 19.5 Å². The van der Waals surface area contributed by atoms with E-state index in [4.69, 9.17) is 0 Å². The molecule has 2 aliphatic heterocycles. The van der Waals surface area contributed by atoms with E-state index in [1.54, 1.807) is 0 Å². The molecule has 0 aromatic heterocycles. The van der Waals surface area contributed by atoms with Gasteiger partial charge in [-0.25, -0.2) is 0 Å². The first kappa shape index (κ1) is 12.4. The molecule has 3 N–H and O–H groups in total. The molecule has 0 aliphatic carbocycles. The topological polar surface area (TPSA) is 70.2 Å². The minimum Gasteiger partial charge on any atom is -0.354 e. The van der Waals surface area contributed by atoms with Crippen molar-refractivity contribution in [3.63, 3.8) is 0 Å². The Hall–Kier alpha value is -1.10. The second-order valence-corrected chi connectivity index (χ2v) is 5.47. The highest BCUT2D eigenvalue weighted by Crippen LogP contribution is 2.24. The third-order valence-corrected chi connectivity index (χ3v) is 3.69. The van der Waals surface area contributed by atoms with E-state index in [0.29, 0.717) is 19.4 Å². The number of carbonyl (C=O) groups excluding carboxylic acids is 2. The Morgan fingerprint density at radius 1 is 1.59 bits per heavy atom. The Balaban J connectivity index is 1.77. The fourth-order valence-electron chi connectivity index (χ4n) is 2.50. The molecule has 2 aliphatic rings. The first-order valence-corrected chi connectivity index (χ1v) is 6.37. The van der Waals surface area contributed by atoms with Gasteiger partial charge in [-0.3, -0.25) is 9.59 Å². The molecule has 0 saturated carbocycles. The summed E-state index contributed by atoms with van der Waals surface area (Å²) in [6.45, 7) is 4.89. The van der Waals surface area contributed by atoms with Crippen LogP contribution >= 0.6 is 0 Å². The second-order valence-electron chi connectivity index (χ2n) is 5.47. The maximum absolute atomic E-state index is 11.8. The van der Waals surface area contributed by atoms with Gasteiger partial charge in [0.05, 0.1) is 0 Å². The van der Waals surface area contributed by atoms with Crippen LogP contribution < -0.4 is 16.0 Å². The van der Waals surface area contributed by atoms with E-state index >= 15 is 0 Å². The van der Waals surface area contributed by atoms with Crippen LogP contribution in [0, 0.1) is 5.41 Å². The standard InChI is InChI=1S/C12H21N3O2/c1-12(5-2-6-13-7-12)8-14-11(17)9-3-4-10(16)15-9/h9,13H,2-8H2,1H3,(H,14,17)(H,15,16)/t9-,12?/m1/s1. The van der Waals surface area contributed by atoms with Crippen molar-refractivity contribution < 1.29 is 9.59 Å². The zero-order chi connectivity index (χ0) is 12.3.